The summed E-state index contributed by atoms with van der Waals surface area (Å²) in [6, 6.07) is 3.18. The lowest BCUT2D eigenvalue weighted by Crippen LogP contribution is -2.28. The first-order chi connectivity index (χ1) is 7.81. The highest BCUT2D eigenvalue weighted by molar-refractivity contribution is 5.93. The third-order valence-electron chi connectivity index (χ3n) is 2.57. The number of nitrogens with zero attached hydrogens (tertiary/aromatic N) is 2. The highest BCUT2D eigenvalue weighted by Crippen LogP contribution is 2.13. The third kappa shape index (κ3) is 2.18. The van der Waals surface area contributed by atoms with Gasteiger partial charge in [0.2, 0.25) is 0 Å². The fourth-order valence-electron chi connectivity index (χ4n) is 1.77. The van der Waals surface area contributed by atoms with Crippen LogP contribution in [0.15, 0.2) is 18.3 Å². The lowest BCUT2D eigenvalue weighted by Gasteiger charge is -2.14. The summed E-state index contributed by atoms with van der Waals surface area (Å²) < 4.78 is 0. The molecule has 5 nitrogen and oxygen atoms in total. The smallest absolute Gasteiger partial charge is 0.314 e. The number of hydrogen-bond donors (Lipinski definition) is 1. The second-order valence-corrected chi connectivity index (χ2v) is 3.66. The van der Waals surface area contributed by atoms with Crippen molar-refractivity contribution >= 4 is 18.0 Å². The van der Waals surface area contributed by atoms with Crippen molar-refractivity contribution in [2.45, 2.75) is 12.8 Å². The summed E-state index contributed by atoms with van der Waals surface area (Å²) in [5.74, 6) is -0.0768. The molecule has 1 aliphatic heterocycles. The normalized spacial score (nSPS) is 14.9. The number of carbonyl (C=O) groups excluding carboxylic acids is 2. The quantitative estimate of drug-likeness (QED) is 0.763. The molecule has 0 bridgehead atoms. The van der Waals surface area contributed by atoms with Gasteiger partial charge in [-0.05, 0) is 25.0 Å². The van der Waals surface area contributed by atoms with Crippen molar-refractivity contribution in [1.29, 1.82) is 0 Å². The number of hydrogen-bond acceptors (Lipinski definition) is 3. The molecule has 0 saturated carbocycles. The van der Waals surface area contributed by atoms with Crippen molar-refractivity contribution in [2.75, 3.05) is 18.4 Å². The average molecular weight is 218 g/mol. The van der Waals surface area contributed by atoms with E-state index in [1.165, 1.54) is 6.20 Å². The number of aromatic nitrogens is 1. The minimum Gasteiger partial charge on any atom is -0.337 e. The molecule has 0 aliphatic carbocycles. The van der Waals surface area contributed by atoms with Crippen LogP contribution in [0.2, 0.25) is 0 Å². The highest BCUT2D eigenvalue weighted by Gasteiger charge is 2.20. The Morgan fingerprint density at radius 3 is 2.88 bits per heavy atom. The van der Waals surface area contributed by atoms with Gasteiger partial charge in [-0.2, -0.15) is 0 Å². The van der Waals surface area contributed by atoms with Crippen molar-refractivity contribution in [3.05, 3.63) is 24.0 Å². The molecule has 1 aromatic heterocycles. The van der Waals surface area contributed by atoms with E-state index in [4.69, 9.17) is 0 Å². The summed E-state index contributed by atoms with van der Waals surface area (Å²) in [4.78, 5) is 27.9. The van der Waals surface area contributed by atoms with E-state index in [0.717, 1.165) is 25.9 Å². The zero-order valence-corrected chi connectivity index (χ0v) is 8.77. The van der Waals surface area contributed by atoms with E-state index in [0.29, 0.717) is 11.4 Å². The van der Waals surface area contributed by atoms with Crippen LogP contribution in [-0.2, 0) is 4.79 Å². The first-order valence-corrected chi connectivity index (χ1v) is 5.20. The van der Waals surface area contributed by atoms with Crippen LogP contribution in [0.25, 0.3) is 0 Å². The van der Waals surface area contributed by atoms with Crippen LogP contribution in [0.3, 0.4) is 0 Å². The van der Waals surface area contributed by atoms with Gasteiger partial charge in [-0.3, -0.25) is 14.6 Å². The van der Waals surface area contributed by atoms with Gasteiger partial charge in [0.1, 0.15) is 5.69 Å². The van der Waals surface area contributed by atoms with Crippen LogP contribution in [0, 0.1) is 0 Å². The van der Waals surface area contributed by atoms with Gasteiger partial charge in [0.15, 0.2) is 0 Å². The Morgan fingerprint density at radius 2 is 2.19 bits per heavy atom. The SMILES string of the molecule is O=[C]Nc1ccnc(C(=O)N2CCCC2)c1. The maximum absolute atomic E-state index is 11.9. The summed E-state index contributed by atoms with van der Waals surface area (Å²) in [6.07, 6.45) is 5.16. The Labute approximate surface area is 93.5 Å². The average Bonchev–Trinajstić information content (AvgIpc) is 2.82. The van der Waals surface area contributed by atoms with Crippen LogP contribution in [0.1, 0.15) is 23.3 Å². The number of likely N-dealkylation sites (tertiary alicyclic amines) is 1. The number of amides is 2. The maximum atomic E-state index is 11.9. The predicted octanol–water partition coefficient (Wildman–Crippen LogP) is 0.797. The van der Waals surface area contributed by atoms with Gasteiger partial charge < -0.3 is 10.2 Å². The minimum atomic E-state index is -0.0768. The summed E-state index contributed by atoms with van der Waals surface area (Å²) >= 11 is 0. The molecule has 16 heavy (non-hydrogen) atoms. The van der Waals surface area contributed by atoms with Crippen LogP contribution in [0.4, 0.5) is 5.69 Å². The topological polar surface area (TPSA) is 62.3 Å². The van der Waals surface area contributed by atoms with Gasteiger partial charge >= 0.3 is 6.41 Å². The molecule has 2 rings (SSSR count). The standard InChI is InChI=1S/C11H12N3O2/c15-8-13-9-3-4-12-10(7-9)11(16)14-5-1-2-6-14/h3-4,7H,1-2,5-6H2,(H,12,13,15). The molecule has 1 radical (unpaired) electrons. The zero-order chi connectivity index (χ0) is 11.4. The highest BCUT2D eigenvalue weighted by atomic mass is 16.2. The van der Waals surface area contributed by atoms with E-state index in [9.17, 15) is 9.59 Å². The fourth-order valence-corrected chi connectivity index (χ4v) is 1.77. The monoisotopic (exact) mass is 218 g/mol. The fraction of sp³-hybridized carbons (Fsp3) is 0.364. The van der Waals surface area contributed by atoms with Gasteiger partial charge in [0.25, 0.3) is 5.91 Å². The van der Waals surface area contributed by atoms with Crippen LogP contribution >= 0.6 is 0 Å². The van der Waals surface area contributed by atoms with Gasteiger partial charge in [0, 0.05) is 25.0 Å². The Hall–Kier alpha value is -1.91. The van der Waals surface area contributed by atoms with E-state index in [1.54, 1.807) is 23.4 Å². The number of anilines is 1. The van der Waals surface area contributed by atoms with Crippen molar-refractivity contribution in [3.63, 3.8) is 0 Å². The van der Waals surface area contributed by atoms with Crippen molar-refractivity contribution < 1.29 is 9.59 Å². The molecule has 1 aromatic rings. The maximum Gasteiger partial charge on any atom is 0.314 e. The second-order valence-electron chi connectivity index (χ2n) is 3.66. The number of carbonyl (C=O) groups is 1. The Balaban J connectivity index is 2.15. The molecular weight excluding hydrogens is 206 g/mol. The molecule has 83 valence electrons. The molecule has 1 N–H and O–H groups in total. The molecule has 1 fully saturated rings. The van der Waals surface area contributed by atoms with E-state index < -0.39 is 0 Å². The number of nitrogens with one attached hydrogen (secondary N) is 1. The minimum absolute atomic E-state index is 0.0768. The van der Waals surface area contributed by atoms with Gasteiger partial charge in [-0.15, -0.1) is 0 Å². The Bertz CT molecular complexity index is 400. The molecular formula is C11H12N3O2. The predicted molar refractivity (Wildman–Crippen MR) is 58.7 cm³/mol. The van der Waals surface area contributed by atoms with E-state index in [2.05, 4.69) is 10.3 Å². The molecule has 5 heteroatoms. The first-order valence-electron chi connectivity index (χ1n) is 5.20. The van der Waals surface area contributed by atoms with Crippen molar-refractivity contribution in [1.82, 2.24) is 9.88 Å². The Kier molecular flexibility index (Phi) is 3.14. The molecule has 1 aliphatic rings. The largest absolute Gasteiger partial charge is 0.337 e. The van der Waals surface area contributed by atoms with Crippen LogP contribution in [-0.4, -0.2) is 35.3 Å². The van der Waals surface area contributed by atoms with Gasteiger partial charge in [0.05, 0.1) is 0 Å². The van der Waals surface area contributed by atoms with Crippen LogP contribution < -0.4 is 5.32 Å². The number of rotatable bonds is 3. The summed E-state index contributed by atoms with van der Waals surface area (Å²) in [5.41, 5.74) is 0.898. The van der Waals surface area contributed by atoms with Crippen molar-refractivity contribution in [2.24, 2.45) is 0 Å². The zero-order valence-electron chi connectivity index (χ0n) is 8.77. The van der Waals surface area contributed by atoms with Gasteiger partial charge in [-0.1, -0.05) is 0 Å². The molecule has 0 atom stereocenters. The Morgan fingerprint density at radius 1 is 1.44 bits per heavy atom. The van der Waals surface area contributed by atoms with Crippen molar-refractivity contribution in [3.8, 4) is 0 Å². The second kappa shape index (κ2) is 4.74. The summed E-state index contributed by atoms with van der Waals surface area (Å²) in [5, 5.41) is 2.38. The van der Waals surface area contributed by atoms with E-state index >= 15 is 0 Å². The molecule has 0 aromatic carbocycles. The van der Waals surface area contributed by atoms with Crippen LogP contribution in [0.5, 0.6) is 0 Å². The van der Waals surface area contributed by atoms with Gasteiger partial charge in [-0.25, -0.2) is 0 Å². The molecule has 0 spiro atoms. The molecule has 1 saturated heterocycles. The lowest BCUT2D eigenvalue weighted by molar-refractivity contribution is 0.0787. The van der Waals surface area contributed by atoms with E-state index in [-0.39, 0.29) is 5.91 Å². The first kappa shape index (κ1) is 10.6. The molecule has 2 amide bonds. The molecule has 0 unspecified atom stereocenters. The third-order valence-corrected chi connectivity index (χ3v) is 2.57. The van der Waals surface area contributed by atoms with E-state index in [1.807, 2.05) is 0 Å². The summed E-state index contributed by atoms with van der Waals surface area (Å²) in [7, 11) is 0. The molecule has 2 heterocycles. The lowest BCUT2D eigenvalue weighted by atomic mass is 10.3. The summed E-state index contributed by atoms with van der Waals surface area (Å²) in [6.45, 7) is 1.58. The number of pyridine rings is 1.